The summed E-state index contributed by atoms with van der Waals surface area (Å²) in [6.45, 7) is 4.95. The van der Waals surface area contributed by atoms with Crippen molar-refractivity contribution in [1.29, 1.82) is 0 Å². The van der Waals surface area contributed by atoms with Crippen LogP contribution in [0.5, 0.6) is 0 Å². The van der Waals surface area contributed by atoms with E-state index in [0.29, 0.717) is 18.5 Å². The van der Waals surface area contributed by atoms with E-state index in [4.69, 9.17) is 11.6 Å². The molecule has 0 aromatic heterocycles. The molecule has 20 heavy (non-hydrogen) atoms. The van der Waals surface area contributed by atoms with E-state index in [1.807, 2.05) is 17.8 Å². The Hall–Kier alpha value is -0.220. The van der Waals surface area contributed by atoms with Gasteiger partial charge in [-0.05, 0) is 41.9 Å². The highest BCUT2D eigenvalue weighted by Crippen LogP contribution is 2.37. The van der Waals surface area contributed by atoms with Gasteiger partial charge in [0.2, 0.25) is 0 Å². The van der Waals surface area contributed by atoms with Crippen LogP contribution in [0, 0.1) is 5.92 Å². The van der Waals surface area contributed by atoms with Crippen molar-refractivity contribution < 1.29 is 5.11 Å². The predicted molar refractivity (Wildman–Crippen MR) is 87.6 cm³/mol. The summed E-state index contributed by atoms with van der Waals surface area (Å²) in [7, 11) is 0. The first-order chi connectivity index (χ1) is 9.65. The second-order valence-electron chi connectivity index (χ2n) is 5.42. The first-order valence-corrected chi connectivity index (χ1v) is 8.85. The van der Waals surface area contributed by atoms with E-state index < -0.39 is 0 Å². The van der Waals surface area contributed by atoms with Crippen molar-refractivity contribution in [2.24, 2.45) is 5.92 Å². The lowest BCUT2D eigenvalue weighted by molar-refractivity contribution is 0.0979. The fourth-order valence-corrected chi connectivity index (χ4v) is 4.13. The molecule has 1 heterocycles. The van der Waals surface area contributed by atoms with Crippen molar-refractivity contribution in [3.05, 3.63) is 28.8 Å². The lowest BCUT2D eigenvalue weighted by Crippen LogP contribution is -2.35. The Balaban J connectivity index is 2.00. The number of nitrogens with one attached hydrogen (secondary N) is 1. The van der Waals surface area contributed by atoms with Crippen molar-refractivity contribution in [2.45, 2.75) is 50.2 Å². The highest BCUT2D eigenvalue weighted by molar-refractivity contribution is 7.99. The molecule has 1 aromatic rings. The number of aliphatic hydroxyl groups excluding tert-OH is 1. The van der Waals surface area contributed by atoms with Gasteiger partial charge in [0.25, 0.3) is 0 Å². The van der Waals surface area contributed by atoms with Gasteiger partial charge in [-0.1, -0.05) is 38.3 Å². The first kappa shape index (κ1) is 16.2. The highest BCUT2D eigenvalue weighted by atomic mass is 35.5. The average molecular weight is 314 g/mol. The molecule has 2 rings (SSSR count). The summed E-state index contributed by atoms with van der Waals surface area (Å²) in [6.07, 6.45) is 2.89. The van der Waals surface area contributed by atoms with E-state index in [9.17, 15) is 5.11 Å². The molecule has 1 aromatic carbocycles. The topological polar surface area (TPSA) is 32.3 Å². The minimum absolute atomic E-state index is 0.262. The highest BCUT2D eigenvalue weighted by Gasteiger charge is 2.23. The number of hydrogen-bond donors (Lipinski definition) is 2. The zero-order valence-electron chi connectivity index (χ0n) is 12.2. The Bertz CT molecular complexity index is 436. The molecule has 2 nitrogen and oxygen atoms in total. The minimum Gasteiger partial charge on any atom is -0.392 e. The second kappa shape index (κ2) is 7.69. The van der Waals surface area contributed by atoms with Crippen molar-refractivity contribution in [2.75, 3.05) is 12.3 Å². The van der Waals surface area contributed by atoms with Crippen LogP contribution in [0.3, 0.4) is 0 Å². The third-order valence-electron chi connectivity index (χ3n) is 4.18. The molecule has 0 fully saturated rings. The van der Waals surface area contributed by atoms with Gasteiger partial charge in [0.15, 0.2) is 0 Å². The number of hydrogen-bond acceptors (Lipinski definition) is 3. The summed E-state index contributed by atoms with van der Waals surface area (Å²) in [5, 5.41) is 14.6. The Morgan fingerprint density at radius 2 is 2.15 bits per heavy atom. The third-order valence-corrected chi connectivity index (χ3v) is 5.54. The number of thioether (sulfide) groups is 1. The Labute approximate surface area is 131 Å². The number of halogens is 1. The minimum atomic E-state index is -0.262. The Morgan fingerprint density at radius 1 is 1.40 bits per heavy atom. The number of rotatable bonds is 6. The predicted octanol–water partition coefficient (Wildman–Crippen LogP) is 4.26. The standard InChI is InChI=1S/C16H24ClNOS/c1-3-11(4-2)15(19)10-18-14-7-8-20-16-6-5-12(17)9-13(14)16/h5-6,9,11,14-15,18-19H,3-4,7-8,10H2,1-2H3. The molecule has 112 valence electrons. The van der Waals surface area contributed by atoms with Crippen LogP contribution in [-0.2, 0) is 0 Å². The lowest BCUT2D eigenvalue weighted by atomic mass is 9.95. The molecular weight excluding hydrogens is 290 g/mol. The normalized spacial score (nSPS) is 19.9. The summed E-state index contributed by atoms with van der Waals surface area (Å²) < 4.78 is 0. The van der Waals surface area contributed by atoms with E-state index in [1.54, 1.807) is 0 Å². The quantitative estimate of drug-likeness (QED) is 0.823. The maximum atomic E-state index is 10.2. The molecule has 1 aliphatic rings. The van der Waals surface area contributed by atoms with Gasteiger partial charge in [0, 0.05) is 22.5 Å². The van der Waals surface area contributed by atoms with E-state index in [1.165, 1.54) is 10.5 Å². The van der Waals surface area contributed by atoms with Crippen LogP contribution in [0.4, 0.5) is 0 Å². The van der Waals surface area contributed by atoms with Crippen LogP contribution in [-0.4, -0.2) is 23.5 Å². The fourth-order valence-electron chi connectivity index (χ4n) is 2.84. The van der Waals surface area contributed by atoms with Crippen LogP contribution in [0.1, 0.15) is 44.7 Å². The molecular formula is C16H24ClNOS. The molecule has 2 N–H and O–H groups in total. The smallest absolute Gasteiger partial charge is 0.0692 e. The first-order valence-electron chi connectivity index (χ1n) is 7.49. The molecule has 0 saturated carbocycles. The second-order valence-corrected chi connectivity index (χ2v) is 7.00. The summed E-state index contributed by atoms with van der Waals surface area (Å²) in [5.41, 5.74) is 1.28. The molecule has 0 bridgehead atoms. The lowest BCUT2D eigenvalue weighted by Gasteiger charge is -2.29. The van der Waals surface area contributed by atoms with Gasteiger partial charge in [0.1, 0.15) is 0 Å². The van der Waals surface area contributed by atoms with Gasteiger partial charge in [-0.3, -0.25) is 0 Å². The van der Waals surface area contributed by atoms with E-state index in [2.05, 4.69) is 31.3 Å². The van der Waals surface area contributed by atoms with Crippen LogP contribution >= 0.6 is 23.4 Å². The summed E-state index contributed by atoms with van der Waals surface area (Å²) in [6, 6.07) is 6.43. The van der Waals surface area contributed by atoms with Crippen LogP contribution in [0.15, 0.2) is 23.1 Å². The van der Waals surface area contributed by atoms with E-state index in [0.717, 1.165) is 30.0 Å². The molecule has 0 aliphatic carbocycles. The Kier molecular flexibility index (Phi) is 6.21. The average Bonchev–Trinajstić information content (AvgIpc) is 2.46. The van der Waals surface area contributed by atoms with E-state index >= 15 is 0 Å². The molecule has 2 unspecified atom stereocenters. The van der Waals surface area contributed by atoms with Crippen LogP contribution in [0.2, 0.25) is 5.02 Å². The van der Waals surface area contributed by atoms with Gasteiger partial charge >= 0.3 is 0 Å². The number of fused-ring (bicyclic) bond motifs is 1. The fraction of sp³-hybridized carbons (Fsp3) is 0.625. The van der Waals surface area contributed by atoms with E-state index in [-0.39, 0.29) is 6.10 Å². The summed E-state index contributed by atoms with van der Waals surface area (Å²) in [4.78, 5) is 1.31. The van der Waals surface area contributed by atoms with Crippen LogP contribution < -0.4 is 5.32 Å². The largest absolute Gasteiger partial charge is 0.392 e. The van der Waals surface area contributed by atoms with Crippen molar-refractivity contribution in [1.82, 2.24) is 5.32 Å². The molecule has 0 radical (unpaired) electrons. The van der Waals surface area contributed by atoms with Gasteiger partial charge in [-0.2, -0.15) is 0 Å². The van der Waals surface area contributed by atoms with Gasteiger partial charge < -0.3 is 10.4 Å². The summed E-state index contributed by atoms with van der Waals surface area (Å²) >= 11 is 8.00. The van der Waals surface area contributed by atoms with Crippen molar-refractivity contribution in [3.8, 4) is 0 Å². The molecule has 1 aliphatic heterocycles. The maximum absolute atomic E-state index is 10.2. The van der Waals surface area contributed by atoms with Crippen molar-refractivity contribution in [3.63, 3.8) is 0 Å². The molecule has 0 amide bonds. The van der Waals surface area contributed by atoms with Gasteiger partial charge in [-0.25, -0.2) is 0 Å². The van der Waals surface area contributed by atoms with Crippen LogP contribution in [0.25, 0.3) is 0 Å². The number of aliphatic hydroxyl groups is 1. The SMILES string of the molecule is CCC(CC)C(O)CNC1CCSc2ccc(Cl)cc21. The molecule has 4 heteroatoms. The maximum Gasteiger partial charge on any atom is 0.0692 e. The van der Waals surface area contributed by atoms with Gasteiger partial charge in [0.05, 0.1) is 6.10 Å². The number of benzene rings is 1. The zero-order chi connectivity index (χ0) is 14.5. The Morgan fingerprint density at radius 3 is 2.85 bits per heavy atom. The summed E-state index contributed by atoms with van der Waals surface area (Å²) in [5.74, 6) is 1.51. The molecule has 0 saturated heterocycles. The third kappa shape index (κ3) is 3.91. The zero-order valence-corrected chi connectivity index (χ0v) is 13.8. The monoisotopic (exact) mass is 313 g/mol. The van der Waals surface area contributed by atoms with Gasteiger partial charge in [-0.15, -0.1) is 11.8 Å². The van der Waals surface area contributed by atoms with Crippen molar-refractivity contribution >= 4 is 23.4 Å². The molecule has 0 spiro atoms. The molecule has 2 atom stereocenters.